The third-order valence-corrected chi connectivity index (χ3v) is 3.60. The van der Waals surface area contributed by atoms with Gasteiger partial charge in [0.15, 0.2) is 0 Å². The highest BCUT2D eigenvalue weighted by molar-refractivity contribution is 9.10. The second-order valence-electron chi connectivity index (χ2n) is 4.33. The molecule has 2 rings (SSSR count). The number of hydrogen-bond donors (Lipinski definition) is 1. The fourth-order valence-electron chi connectivity index (χ4n) is 1.82. The predicted molar refractivity (Wildman–Crippen MR) is 84.0 cm³/mol. The molecule has 0 fully saturated rings. The Balaban J connectivity index is 2.03. The average molecular weight is 336 g/mol. The quantitative estimate of drug-likeness (QED) is 0.870. The smallest absolute Gasteiger partial charge is 0.123 e. The fourth-order valence-corrected chi connectivity index (χ4v) is 2.36. The molecule has 0 saturated carbocycles. The van der Waals surface area contributed by atoms with E-state index in [-0.39, 0.29) is 0 Å². The molecule has 106 valence electrons. The molecule has 2 aromatic carbocycles. The van der Waals surface area contributed by atoms with E-state index in [1.807, 2.05) is 49.4 Å². The van der Waals surface area contributed by atoms with E-state index < -0.39 is 0 Å². The number of halogens is 1. The van der Waals surface area contributed by atoms with E-state index in [1.165, 1.54) is 0 Å². The Morgan fingerprint density at radius 3 is 2.45 bits per heavy atom. The molecular weight excluding hydrogens is 318 g/mol. The van der Waals surface area contributed by atoms with Crippen LogP contribution in [0.2, 0.25) is 0 Å². The number of hydrogen-bond acceptors (Lipinski definition) is 3. The van der Waals surface area contributed by atoms with Gasteiger partial charge in [-0.3, -0.25) is 0 Å². The maximum absolute atomic E-state index is 5.79. The molecular formula is C16H18BrNO2. The summed E-state index contributed by atoms with van der Waals surface area (Å²) in [5, 5.41) is 0. The summed E-state index contributed by atoms with van der Waals surface area (Å²) in [6.07, 6.45) is 0. The van der Waals surface area contributed by atoms with Crippen molar-refractivity contribution < 1.29 is 9.47 Å². The summed E-state index contributed by atoms with van der Waals surface area (Å²) in [5.41, 5.74) is 7.80. The molecule has 0 amide bonds. The Bertz CT molecular complexity index is 572. The molecule has 0 heterocycles. The molecule has 2 aromatic rings. The zero-order valence-corrected chi connectivity index (χ0v) is 13.0. The van der Waals surface area contributed by atoms with E-state index in [9.17, 15) is 0 Å². The lowest BCUT2D eigenvalue weighted by atomic mass is 10.1. The Morgan fingerprint density at radius 1 is 1.05 bits per heavy atom. The zero-order valence-electron chi connectivity index (χ0n) is 11.4. The van der Waals surface area contributed by atoms with Crippen molar-refractivity contribution in [2.75, 3.05) is 6.61 Å². The monoisotopic (exact) mass is 335 g/mol. The summed E-state index contributed by atoms with van der Waals surface area (Å²) < 4.78 is 12.3. The first-order chi connectivity index (χ1) is 9.72. The summed E-state index contributed by atoms with van der Waals surface area (Å²) in [6.45, 7) is 3.65. The maximum Gasteiger partial charge on any atom is 0.123 e. The van der Waals surface area contributed by atoms with E-state index >= 15 is 0 Å². The van der Waals surface area contributed by atoms with Gasteiger partial charge in [0.05, 0.1) is 6.61 Å². The molecule has 0 aliphatic carbocycles. The van der Waals surface area contributed by atoms with E-state index in [4.69, 9.17) is 15.2 Å². The molecule has 0 aromatic heterocycles. The van der Waals surface area contributed by atoms with Crippen molar-refractivity contribution in [3.63, 3.8) is 0 Å². The highest BCUT2D eigenvalue weighted by Crippen LogP contribution is 2.23. The summed E-state index contributed by atoms with van der Waals surface area (Å²) in [5.74, 6) is 1.62. The van der Waals surface area contributed by atoms with Crippen LogP contribution < -0.4 is 15.2 Å². The molecule has 0 bridgehead atoms. The molecule has 0 radical (unpaired) electrons. The van der Waals surface area contributed by atoms with Gasteiger partial charge in [-0.1, -0.05) is 34.1 Å². The van der Waals surface area contributed by atoms with E-state index in [0.29, 0.717) is 19.8 Å². The van der Waals surface area contributed by atoms with Crippen molar-refractivity contribution >= 4 is 15.9 Å². The van der Waals surface area contributed by atoms with Gasteiger partial charge < -0.3 is 15.2 Å². The van der Waals surface area contributed by atoms with E-state index in [1.54, 1.807) is 0 Å². The fraction of sp³-hybridized carbons (Fsp3) is 0.250. The zero-order chi connectivity index (χ0) is 14.4. The van der Waals surface area contributed by atoms with Gasteiger partial charge in [0.2, 0.25) is 0 Å². The molecule has 4 heteroatoms. The van der Waals surface area contributed by atoms with E-state index in [0.717, 1.165) is 27.1 Å². The third-order valence-electron chi connectivity index (χ3n) is 2.86. The summed E-state index contributed by atoms with van der Waals surface area (Å²) in [7, 11) is 0. The minimum atomic E-state index is 0.501. The molecule has 0 aliphatic rings. The summed E-state index contributed by atoms with van der Waals surface area (Å²) in [4.78, 5) is 0. The molecule has 0 unspecified atom stereocenters. The molecule has 20 heavy (non-hydrogen) atoms. The van der Waals surface area contributed by atoms with Crippen molar-refractivity contribution in [1.29, 1.82) is 0 Å². The Kier molecular flexibility index (Phi) is 5.44. The van der Waals surface area contributed by atoms with Crippen molar-refractivity contribution in [3.05, 3.63) is 58.1 Å². The van der Waals surface area contributed by atoms with Crippen molar-refractivity contribution in [2.24, 2.45) is 5.73 Å². The van der Waals surface area contributed by atoms with Crippen LogP contribution in [0.15, 0.2) is 46.9 Å². The van der Waals surface area contributed by atoms with Crippen LogP contribution in [0.4, 0.5) is 0 Å². The summed E-state index contributed by atoms with van der Waals surface area (Å²) in [6, 6.07) is 13.7. The van der Waals surface area contributed by atoms with Gasteiger partial charge in [-0.15, -0.1) is 0 Å². The second kappa shape index (κ2) is 7.31. The van der Waals surface area contributed by atoms with Crippen LogP contribution in [0.3, 0.4) is 0 Å². The van der Waals surface area contributed by atoms with Crippen LogP contribution in [0, 0.1) is 0 Å². The summed E-state index contributed by atoms with van der Waals surface area (Å²) >= 11 is 3.54. The van der Waals surface area contributed by atoms with Gasteiger partial charge >= 0.3 is 0 Å². The highest BCUT2D eigenvalue weighted by atomic mass is 79.9. The van der Waals surface area contributed by atoms with Crippen LogP contribution in [0.1, 0.15) is 18.1 Å². The molecule has 0 atom stereocenters. The van der Waals surface area contributed by atoms with Crippen molar-refractivity contribution in [2.45, 2.75) is 20.1 Å². The molecule has 3 nitrogen and oxygen atoms in total. The standard InChI is InChI=1S/C16H18BrNO2/c1-2-19-14-4-3-5-15(9-14)20-11-13-7-6-12(10-18)8-16(13)17/h3-9H,2,10-11,18H2,1H3. The van der Waals surface area contributed by atoms with Gasteiger partial charge in [-0.05, 0) is 30.7 Å². The van der Waals surface area contributed by atoms with Gasteiger partial charge in [-0.25, -0.2) is 0 Å². The molecule has 0 saturated heterocycles. The number of rotatable bonds is 6. The average Bonchev–Trinajstić information content (AvgIpc) is 2.46. The minimum absolute atomic E-state index is 0.501. The Morgan fingerprint density at radius 2 is 1.80 bits per heavy atom. The van der Waals surface area contributed by atoms with Crippen LogP contribution in [-0.4, -0.2) is 6.61 Å². The maximum atomic E-state index is 5.79. The lowest BCUT2D eigenvalue weighted by Gasteiger charge is -2.10. The molecule has 2 N–H and O–H groups in total. The number of ether oxygens (including phenoxy) is 2. The van der Waals surface area contributed by atoms with Gasteiger partial charge in [0.1, 0.15) is 18.1 Å². The Hall–Kier alpha value is -1.52. The van der Waals surface area contributed by atoms with Crippen LogP contribution in [0.5, 0.6) is 11.5 Å². The topological polar surface area (TPSA) is 44.5 Å². The second-order valence-corrected chi connectivity index (χ2v) is 5.18. The third kappa shape index (κ3) is 3.99. The normalized spacial score (nSPS) is 10.3. The molecule has 0 aliphatic heterocycles. The van der Waals surface area contributed by atoms with Crippen LogP contribution in [0.25, 0.3) is 0 Å². The van der Waals surface area contributed by atoms with Gasteiger partial charge in [0.25, 0.3) is 0 Å². The largest absolute Gasteiger partial charge is 0.494 e. The van der Waals surface area contributed by atoms with Crippen molar-refractivity contribution in [1.82, 2.24) is 0 Å². The molecule has 0 spiro atoms. The predicted octanol–water partition coefficient (Wildman–Crippen LogP) is 3.89. The number of benzene rings is 2. The SMILES string of the molecule is CCOc1cccc(OCc2ccc(CN)cc2Br)c1. The van der Waals surface area contributed by atoms with Crippen molar-refractivity contribution in [3.8, 4) is 11.5 Å². The van der Waals surface area contributed by atoms with E-state index in [2.05, 4.69) is 15.9 Å². The van der Waals surface area contributed by atoms with Crippen LogP contribution >= 0.6 is 15.9 Å². The van der Waals surface area contributed by atoms with Crippen LogP contribution in [-0.2, 0) is 13.2 Å². The Labute approximate surface area is 127 Å². The highest BCUT2D eigenvalue weighted by Gasteiger charge is 2.03. The van der Waals surface area contributed by atoms with Gasteiger partial charge in [-0.2, -0.15) is 0 Å². The lowest BCUT2D eigenvalue weighted by Crippen LogP contribution is -2.00. The van der Waals surface area contributed by atoms with Gasteiger partial charge in [0, 0.05) is 22.6 Å². The first-order valence-corrected chi connectivity index (χ1v) is 7.35. The lowest BCUT2D eigenvalue weighted by molar-refractivity contribution is 0.299. The first-order valence-electron chi connectivity index (χ1n) is 6.56. The first kappa shape index (κ1) is 14.9. The minimum Gasteiger partial charge on any atom is -0.494 e. The number of nitrogens with two attached hydrogens (primary N) is 1.